The van der Waals surface area contributed by atoms with Gasteiger partial charge in [0, 0.05) is 17.2 Å². The number of nitrogens with zero attached hydrogens (tertiary/aromatic N) is 3. The van der Waals surface area contributed by atoms with Crippen LogP contribution < -0.4 is 10.7 Å². The summed E-state index contributed by atoms with van der Waals surface area (Å²) in [5.74, 6) is -0.826. The maximum Gasteiger partial charge on any atom is 0.283 e. The van der Waals surface area contributed by atoms with E-state index >= 15 is 0 Å². The van der Waals surface area contributed by atoms with Crippen molar-refractivity contribution in [2.24, 2.45) is 9.98 Å². The monoisotopic (exact) mass is 342 g/mol. The van der Waals surface area contributed by atoms with Crippen LogP contribution in [0.1, 0.15) is 5.56 Å². The quantitative estimate of drug-likeness (QED) is 0.520. The van der Waals surface area contributed by atoms with E-state index in [4.69, 9.17) is 0 Å². The molecule has 0 saturated carbocycles. The second kappa shape index (κ2) is 5.24. The van der Waals surface area contributed by atoms with Crippen molar-refractivity contribution in [1.82, 2.24) is 9.97 Å². The maximum absolute atomic E-state index is 10.8. The lowest BCUT2D eigenvalue weighted by Gasteiger charge is -2.16. The number of phenolic OH excluding ortho intramolecular Hbond substituents is 1. The van der Waals surface area contributed by atoms with Crippen molar-refractivity contribution >= 4 is 11.0 Å². The summed E-state index contributed by atoms with van der Waals surface area (Å²) in [7, 11) is 0. The van der Waals surface area contributed by atoms with Gasteiger partial charge in [0.15, 0.2) is 0 Å². The number of aromatic nitrogens is 2. The molecular formula is C20H14N4O2. The largest absolute Gasteiger partial charge is 0.508 e. The average Bonchev–Trinajstić information content (AvgIpc) is 3.22. The highest BCUT2D eigenvalue weighted by Gasteiger charge is 2.30. The molecule has 1 aliphatic rings. The molecule has 2 heterocycles. The second-order valence-corrected chi connectivity index (χ2v) is 6.21. The van der Waals surface area contributed by atoms with Gasteiger partial charge in [-0.2, -0.15) is 0 Å². The number of rotatable bonds is 2. The van der Waals surface area contributed by atoms with Gasteiger partial charge in [-0.3, -0.25) is 0 Å². The summed E-state index contributed by atoms with van der Waals surface area (Å²) in [4.78, 5) is 16.4. The molecule has 6 heteroatoms. The summed E-state index contributed by atoms with van der Waals surface area (Å²) >= 11 is 0. The van der Waals surface area contributed by atoms with Gasteiger partial charge in [0.1, 0.15) is 11.6 Å². The molecule has 0 bridgehead atoms. The van der Waals surface area contributed by atoms with Crippen molar-refractivity contribution in [2.75, 3.05) is 0 Å². The predicted molar refractivity (Wildman–Crippen MR) is 95.8 cm³/mol. The Morgan fingerprint density at radius 2 is 1.62 bits per heavy atom. The molecule has 3 N–H and O–H groups in total. The van der Waals surface area contributed by atoms with Gasteiger partial charge >= 0.3 is 0 Å². The standard InChI is InChI=1S/C20H14N4O2/c25-14-9-10-17-18(11-14)24-20(26,23-17)13-7-5-12(6-8-13)19-21-15-3-1-2-4-16(15)22-19/h1-11,25-26H,(H,21,22). The van der Waals surface area contributed by atoms with Crippen LogP contribution in [0.15, 0.2) is 76.7 Å². The lowest BCUT2D eigenvalue weighted by Crippen LogP contribution is -2.20. The molecule has 1 unspecified atom stereocenters. The number of hydrogen-bond donors (Lipinski definition) is 3. The van der Waals surface area contributed by atoms with Crippen LogP contribution in [0.5, 0.6) is 5.75 Å². The van der Waals surface area contributed by atoms with E-state index in [1.807, 2.05) is 36.4 Å². The van der Waals surface area contributed by atoms with Gasteiger partial charge in [0.25, 0.3) is 5.85 Å². The van der Waals surface area contributed by atoms with E-state index in [-0.39, 0.29) is 5.75 Å². The van der Waals surface area contributed by atoms with E-state index in [9.17, 15) is 10.2 Å². The van der Waals surface area contributed by atoms with Gasteiger partial charge in [-0.25, -0.2) is 15.0 Å². The van der Waals surface area contributed by atoms with Crippen molar-refractivity contribution in [1.29, 1.82) is 0 Å². The minimum absolute atomic E-state index is 0.0900. The van der Waals surface area contributed by atoms with Crippen molar-refractivity contribution in [3.63, 3.8) is 0 Å². The highest BCUT2D eigenvalue weighted by atomic mass is 16.3. The minimum Gasteiger partial charge on any atom is -0.508 e. The lowest BCUT2D eigenvalue weighted by atomic mass is 10.1. The first-order valence-corrected chi connectivity index (χ1v) is 8.18. The molecular weight excluding hydrogens is 328 g/mol. The summed E-state index contributed by atoms with van der Waals surface area (Å²) in [6.07, 6.45) is 0. The zero-order chi connectivity index (χ0) is 17.7. The van der Waals surface area contributed by atoms with Gasteiger partial charge < -0.3 is 15.2 Å². The molecule has 3 aromatic carbocycles. The molecule has 1 atom stereocenters. The molecule has 5 rings (SSSR count). The third kappa shape index (κ3) is 2.28. The lowest BCUT2D eigenvalue weighted by molar-refractivity contribution is 0.0546. The van der Waals surface area contributed by atoms with Crippen LogP contribution in [0, 0.1) is 0 Å². The highest BCUT2D eigenvalue weighted by Crippen LogP contribution is 2.28. The normalized spacial score (nSPS) is 18.3. The average molecular weight is 342 g/mol. The number of aliphatic hydroxyl groups is 1. The molecule has 0 radical (unpaired) electrons. The van der Waals surface area contributed by atoms with E-state index in [1.54, 1.807) is 18.2 Å². The Kier molecular flexibility index (Phi) is 2.98. The number of aromatic hydroxyl groups is 1. The van der Waals surface area contributed by atoms with Crippen LogP contribution in [-0.2, 0) is 5.85 Å². The molecule has 0 saturated heterocycles. The van der Waals surface area contributed by atoms with Crippen molar-refractivity contribution < 1.29 is 10.2 Å². The Morgan fingerprint density at radius 3 is 2.42 bits per heavy atom. The molecule has 0 aliphatic carbocycles. The van der Waals surface area contributed by atoms with Gasteiger partial charge in [-0.1, -0.05) is 36.4 Å². The minimum atomic E-state index is -1.68. The highest BCUT2D eigenvalue weighted by molar-refractivity contribution is 5.79. The van der Waals surface area contributed by atoms with E-state index in [2.05, 4.69) is 20.0 Å². The predicted octanol–water partition coefficient (Wildman–Crippen LogP) is 1.99. The van der Waals surface area contributed by atoms with Crippen LogP contribution in [0.3, 0.4) is 0 Å². The van der Waals surface area contributed by atoms with Crippen molar-refractivity contribution in [3.05, 3.63) is 83.0 Å². The van der Waals surface area contributed by atoms with Crippen molar-refractivity contribution in [2.45, 2.75) is 5.85 Å². The fraction of sp³-hybridized carbons (Fsp3) is 0.0500. The summed E-state index contributed by atoms with van der Waals surface area (Å²) in [5.41, 5.74) is 3.33. The molecule has 6 nitrogen and oxygen atoms in total. The Balaban J connectivity index is 1.54. The number of para-hydroxylation sites is 2. The third-order valence-electron chi connectivity index (χ3n) is 4.45. The first kappa shape index (κ1) is 14.8. The summed E-state index contributed by atoms with van der Waals surface area (Å²) in [5, 5.41) is 21.4. The topological polar surface area (TPSA) is 93.9 Å². The summed E-state index contributed by atoms with van der Waals surface area (Å²) in [6.45, 7) is 0. The summed E-state index contributed by atoms with van der Waals surface area (Å²) in [6, 6.07) is 19.8. The molecule has 126 valence electrons. The number of phenols is 1. The van der Waals surface area contributed by atoms with E-state index in [0.29, 0.717) is 16.3 Å². The van der Waals surface area contributed by atoms with Crippen LogP contribution in [-0.4, -0.2) is 20.2 Å². The fourth-order valence-electron chi connectivity index (χ4n) is 3.13. The third-order valence-corrected chi connectivity index (χ3v) is 4.45. The van der Waals surface area contributed by atoms with E-state index < -0.39 is 5.85 Å². The Bertz CT molecular complexity index is 1230. The number of hydrogen-bond acceptors (Lipinski definition) is 5. The molecule has 0 spiro atoms. The van der Waals surface area contributed by atoms with Crippen LogP contribution in [0.4, 0.5) is 0 Å². The smallest absolute Gasteiger partial charge is 0.283 e. The molecule has 0 amide bonds. The molecule has 1 aromatic heterocycles. The molecule has 1 aliphatic heterocycles. The van der Waals surface area contributed by atoms with E-state index in [1.165, 1.54) is 12.1 Å². The zero-order valence-electron chi connectivity index (χ0n) is 13.6. The van der Waals surface area contributed by atoms with E-state index in [0.717, 1.165) is 22.4 Å². The van der Waals surface area contributed by atoms with Crippen molar-refractivity contribution in [3.8, 4) is 17.1 Å². The number of H-pyrrole nitrogens is 1. The van der Waals surface area contributed by atoms with Gasteiger partial charge in [-0.05, 0) is 24.3 Å². The van der Waals surface area contributed by atoms with Gasteiger partial charge in [-0.15, -0.1) is 0 Å². The zero-order valence-corrected chi connectivity index (χ0v) is 13.6. The maximum atomic E-state index is 10.8. The number of benzene rings is 3. The van der Waals surface area contributed by atoms with Crippen LogP contribution in [0.25, 0.3) is 22.4 Å². The number of nitrogens with one attached hydrogen (secondary N) is 1. The van der Waals surface area contributed by atoms with Crippen LogP contribution >= 0.6 is 0 Å². The number of aromatic amines is 1. The number of imidazole rings is 1. The molecule has 0 fully saturated rings. The first-order valence-electron chi connectivity index (χ1n) is 8.18. The molecule has 26 heavy (non-hydrogen) atoms. The second-order valence-electron chi connectivity index (χ2n) is 6.21. The Hall–Kier alpha value is -3.51. The van der Waals surface area contributed by atoms with Gasteiger partial charge in [0.05, 0.1) is 21.7 Å². The summed E-state index contributed by atoms with van der Waals surface area (Å²) < 4.78 is 0. The number of fused-ring (bicyclic) bond motifs is 2. The molecule has 4 aromatic rings. The van der Waals surface area contributed by atoms with Gasteiger partial charge in [0.2, 0.25) is 0 Å². The Labute approximate surface area is 147 Å². The first-order chi connectivity index (χ1) is 12.6. The SMILES string of the molecule is Oc1ccc2c(c1)=NC(O)(c1ccc(-c3nc4ccccc4[nH]3)cc1)N=2. The Morgan fingerprint density at radius 1 is 0.846 bits per heavy atom. The fourth-order valence-corrected chi connectivity index (χ4v) is 3.13. The van der Waals surface area contributed by atoms with Crippen LogP contribution in [0.2, 0.25) is 0 Å².